The molecule has 0 radical (unpaired) electrons. The molecule has 1 atom stereocenters. The van der Waals surface area contributed by atoms with E-state index >= 15 is 0 Å². The molecule has 1 unspecified atom stereocenters. The lowest BCUT2D eigenvalue weighted by atomic mass is 9.94. The van der Waals surface area contributed by atoms with E-state index < -0.39 is 5.97 Å². The molecule has 8 nitrogen and oxygen atoms in total. The third-order valence-corrected chi connectivity index (χ3v) is 5.14. The van der Waals surface area contributed by atoms with Crippen LogP contribution in [0.2, 0.25) is 0 Å². The quantitative estimate of drug-likeness (QED) is 0.718. The first kappa shape index (κ1) is 18.0. The van der Waals surface area contributed by atoms with Gasteiger partial charge in [-0.3, -0.25) is 19.1 Å². The van der Waals surface area contributed by atoms with Gasteiger partial charge in [-0.2, -0.15) is 5.10 Å². The number of carboxylic acids is 1. The van der Waals surface area contributed by atoms with E-state index in [2.05, 4.69) is 10.1 Å². The van der Waals surface area contributed by atoms with Crippen LogP contribution in [0.1, 0.15) is 34.8 Å². The van der Waals surface area contributed by atoms with E-state index in [0.717, 1.165) is 18.5 Å². The van der Waals surface area contributed by atoms with Gasteiger partial charge in [-0.15, -0.1) is 0 Å². The van der Waals surface area contributed by atoms with Gasteiger partial charge in [0, 0.05) is 47.9 Å². The molecule has 1 aliphatic heterocycles. The first-order valence-corrected chi connectivity index (χ1v) is 9.18. The van der Waals surface area contributed by atoms with Crippen molar-refractivity contribution in [2.75, 3.05) is 13.1 Å². The Balaban J connectivity index is 1.62. The van der Waals surface area contributed by atoms with E-state index in [1.165, 1.54) is 10.7 Å². The van der Waals surface area contributed by atoms with Gasteiger partial charge in [-0.1, -0.05) is 18.2 Å². The summed E-state index contributed by atoms with van der Waals surface area (Å²) >= 11 is 0. The van der Waals surface area contributed by atoms with Crippen molar-refractivity contribution < 1.29 is 14.7 Å². The number of rotatable bonds is 4. The Labute approximate surface area is 160 Å². The normalized spacial score (nSPS) is 17.0. The number of likely N-dealkylation sites (tertiary alicyclic amines) is 1. The number of fused-ring (bicyclic) bond motifs is 1. The summed E-state index contributed by atoms with van der Waals surface area (Å²) in [5, 5.41) is 13.9. The average Bonchev–Trinajstić information content (AvgIpc) is 3.14. The van der Waals surface area contributed by atoms with Crippen LogP contribution in [-0.4, -0.2) is 49.7 Å². The molecule has 144 valence electrons. The number of pyridine rings is 1. The highest BCUT2D eigenvalue weighted by molar-refractivity contribution is 6.06. The van der Waals surface area contributed by atoms with Gasteiger partial charge in [-0.05, 0) is 25.0 Å². The number of para-hydroxylation sites is 1. The molecule has 8 heteroatoms. The van der Waals surface area contributed by atoms with Crippen LogP contribution in [0.3, 0.4) is 0 Å². The number of carboxylic acid groups (broad SMARTS) is 1. The van der Waals surface area contributed by atoms with E-state index in [1.807, 2.05) is 24.3 Å². The summed E-state index contributed by atoms with van der Waals surface area (Å²) in [6, 6.07) is 10.4. The lowest BCUT2D eigenvalue weighted by Crippen LogP contribution is -2.40. The fourth-order valence-corrected chi connectivity index (χ4v) is 3.90. The second-order valence-corrected chi connectivity index (χ2v) is 6.99. The summed E-state index contributed by atoms with van der Waals surface area (Å²) in [7, 11) is 0. The standard InChI is InChI=1S/C20H20N4O4/c25-18-10-15(14-5-1-2-6-16(14)22-18)20(28)23-9-3-4-13(11-23)17-7-8-21-24(17)12-19(26)27/h1-2,5-8,10,13H,3-4,9,11-12H2,(H,22,25)(H,26,27). The molecule has 28 heavy (non-hydrogen) atoms. The number of hydrogen-bond donors (Lipinski definition) is 2. The number of aromatic amines is 1. The van der Waals surface area contributed by atoms with Gasteiger partial charge < -0.3 is 15.0 Å². The number of carbonyl (C=O) groups excluding carboxylic acids is 1. The van der Waals surface area contributed by atoms with Gasteiger partial charge in [0.1, 0.15) is 6.54 Å². The molecule has 3 heterocycles. The number of aromatic nitrogens is 3. The van der Waals surface area contributed by atoms with Crippen molar-refractivity contribution in [1.29, 1.82) is 0 Å². The van der Waals surface area contributed by atoms with E-state index in [-0.39, 0.29) is 23.9 Å². The number of aliphatic carboxylic acids is 1. The smallest absolute Gasteiger partial charge is 0.325 e. The molecule has 1 aromatic carbocycles. The van der Waals surface area contributed by atoms with Crippen molar-refractivity contribution in [3.63, 3.8) is 0 Å². The van der Waals surface area contributed by atoms with Gasteiger partial charge in [0.15, 0.2) is 0 Å². The summed E-state index contributed by atoms with van der Waals surface area (Å²) in [5.74, 6) is -1.13. The summed E-state index contributed by atoms with van der Waals surface area (Å²) in [5.41, 5.74) is 1.52. The van der Waals surface area contributed by atoms with Crippen LogP contribution in [0.5, 0.6) is 0 Å². The zero-order valence-electron chi connectivity index (χ0n) is 15.2. The van der Waals surface area contributed by atoms with Crippen LogP contribution in [0.15, 0.2) is 47.4 Å². The Morgan fingerprint density at radius 1 is 1.25 bits per heavy atom. The Hall–Kier alpha value is -3.42. The first-order valence-electron chi connectivity index (χ1n) is 9.18. The Morgan fingerprint density at radius 2 is 2.07 bits per heavy atom. The zero-order valence-corrected chi connectivity index (χ0v) is 15.2. The fourth-order valence-electron chi connectivity index (χ4n) is 3.90. The summed E-state index contributed by atoms with van der Waals surface area (Å²) in [6.45, 7) is 0.861. The number of benzene rings is 1. The molecule has 0 saturated carbocycles. The van der Waals surface area contributed by atoms with Crippen LogP contribution >= 0.6 is 0 Å². The predicted molar refractivity (Wildman–Crippen MR) is 102 cm³/mol. The third kappa shape index (κ3) is 3.40. The van der Waals surface area contributed by atoms with Gasteiger partial charge in [-0.25, -0.2) is 0 Å². The highest BCUT2D eigenvalue weighted by Crippen LogP contribution is 2.28. The number of amides is 1. The Bertz CT molecular complexity index is 1100. The number of nitrogens with one attached hydrogen (secondary N) is 1. The van der Waals surface area contributed by atoms with E-state index in [4.69, 9.17) is 5.11 Å². The minimum Gasteiger partial charge on any atom is -0.480 e. The molecule has 0 bridgehead atoms. The number of carbonyl (C=O) groups is 2. The highest BCUT2D eigenvalue weighted by Gasteiger charge is 2.28. The maximum absolute atomic E-state index is 13.2. The number of piperidine rings is 1. The largest absolute Gasteiger partial charge is 0.480 e. The maximum Gasteiger partial charge on any atom is 0.325 e. The zero-order chi connectivity index (χ0) is 19.7. The van der Waals surface area contributed by atoms with Crippen molar-refractivity contribution in [2.24, 2.45) is 0 Å². The molecule has 1 aliphatic rings. The number of H-pyrrole nitrogens is 1. The van der Waals surface area contributed by atoms with Crippen LogP contribution in [0, 0.1) is 0 Å². The van der Waals surface area contributed by atoms with Crippen molar-refractivity contribution in [3.8, 4) is 0 Å². The highest BCUT2D eigenvalue weighted by atomic mass is 16.4. The average molecular weight is 380 g/mol. The second kappa shape index (κ2) is 7.30. The summed E-state index contributed by atoms with van der Waals surface area (Å²) in [6.07, 6.45) is 3.24. The molecule has 1 amide bonds. The summed E-state index contributed by atoms with van der Waals surface area (Å²) in [4.78, 5) is 40.7. The van der Waals surface area contributed by atoms with Gasteiger partial charge in [0.05, 0.1) is 5.56 Å². The molecule has 2 N–H and O–H groups in total. The molecule has 1 fully saturated rings. The SMILES string of the molecule is O=C(O)Cn1nccc1C1CCCN(C(=O)c2cc(=O)[nH]c3ccccc23)C1. The van der Waals surface area contributed by atoms with Gasteiger partial charge in [0.25, 0.3) is 5.91 Å². The molecule has 2 aromatic heterocycles. The maximum atomic E-state index is 13.2. The van der Waals surface area contributed by atoms with Crippen molar-refractivity contribution in [1.82, 2.24) is 19.7 Å². The summed E-state index contributed by atoms with van der Waals surface area (Å²) < 4.78 is 1.48. The molecule has 3 aromatic rings. The molecule has 1 saturated heterocycles. The molecule has 4 rings (SSSR count). The van der Waals surface area contributed by atoms with Crippen LogP contribution in [0.25, 0.3) is 10.9 Å². The lowest BCUT2D eigenvalue weighted by Gasteiger charge is -2.33. The molecule has 0 spiro atoms. The van der Waals surface area contributed by atoms with Gasteiger partial charge in [0.2, 0.25) is 5.56 Å². The predicted octanol–water partition coefficient (Wildman–Crippen LogP) is 1.83. The van der Waals surface area contributed by atoms with E-state index in [1.54, 1.807) is 17.2 Å². The minimum atomic E-state index is -0.955. The lowest BCUT2D eigenvalue weighted by molar-refractivity contribution is -0.137. The van der Waals surface area contributed by atoms with Crippen LogP contribution in [-0.2, 0) is 11.3 Å². The van der Waals surface area contributed by atoms with Crippen LogP contribution in [0.4, 0.5) is 0 Å². The number of hydrogen-bond acceptors (Lipinski definition) is 4. The Kier molecular flexibility index (Phi) is 4.68. The molecular weight excluding hydrogens is 360 g/mol. The molecule has 0 aliphatic carbocycles. The third-order valence-electron chi connectivity index (χ3n) is 5.14. The topological polar surface area (TPSA) is 108 Å². The van der Waals surface area contributed by atoms with E-state index in [9.17, 15) is 14.4 Å². The monoisotopic (exact) mass is 380 g/mol. The van der Waals surface area contributed by atoms with Crippen molar-refractivity contribution >= 4 is 22.8 Å². The second-order valence-electron chi connectivity index (χ2n) is 6.99. The first-order chi connectivity index (χ1) is 13.5. The minimum absolute atomic E-state index is 0.00723. The van der Waals surface area contributed by atoms with Crippen molar-refractivity contribution in [3.05, 3.63) is 64.2 Å². The van der Waals surface area contributed by atoms with Crippen LogP contribution < -0.4 is 5.56 Å². The van der Waals surface area contributed by atoms with Crippen molar-refractivity contribution in [2.45, 2.75) is 25.3 Å². The van der Waals surface area contributed by atoms with Gasteiger partial charge >= 0.3 is 5.97 Å². The number of nitrogens with zero attached hydrogens (tertiary/aromatic N) is 3. The fraction of sp³-hybridized carbons (Fsp3) is 0.300. The molecular formula is C20H20N4O4. The Morgan fingerprint density at radius 3 is 2.89 bits per heavy atom. The van der Waals surface area contributed by atoms with E-state index in [0.29, 0.717) is 29.6 Å².